The van der Waals surface area contributed by atoms with Crippen LogP contribution in [0.5, 0.6) is 0 Å². The highest BCUT2D eigenvalue weighted by Gasteiger charge is 2.33. The Morgan fingerprint density at radius 2 is 1.72 bits per heavy atom. The molecule has 2 N–H and O–H groups in total. The fourth-order valence-corrected chi connectivity index (χ4v) is 4.64. The third-order valence-electron chi connectivity index (χ3n) is 4.24. The molecule has 1 aromatic rings. The molecule has 2 unspecified atom stereocenters. The largest absolute Gasteiger partial charge is 0.340 e. The van der Waals surface area contributed by atoms with E-state index in [-0.39, 0.29) is 53.3 Å². The summed E-state index contributed by atoms with van der Waals surface area (Å²) in [7, 11) is -3.75. The molecule has 0 saturated carbocycles. The van der Waals surface area contributed by atoms with Crippen molar-refractivity contribution in [2.24, 2.45) is 11.7 Å². The molecule has 0 bridgehead atoms. The number of hydrogen-bond donors (Lipinski definition) is 1. The topological polar surface area (TPSA) is 83.7 Å². The zero-order valence-corrected chi connectivity index (χ0v) is 17.1. The monoisotopic (exact) mass is 429 g/mol. The average molecular weight is 431 g/mol. The first kappa shape index (κ1) is 22.5. The minimum Gasteiger partial charge on any atom is -0.340 e. The number of halogens is 3. The Kier molecular flexibility index (Phi) is 7.98. The fourth-order valence-electron chi connectivity index (χ4n) is 2.48. The number of piperazine rings is 1. The van der Waals surface area contributed by atoms with Crippen LogP contribution < -0.4 is 5.73 Å². The molecule has 6 nitrogen and oxygen atoms in total. The number of sulfonamides is 1. The van der Waals surface area contributed by atoms with E-state index in [1.807, 2.05) is 0 Å². The van der Waals surface area contributed by atoms with Gasteiger partial charge in [-0.2, -0.15) is 4.31 Å². The number of carbonyl (C=O) groups excluding carboxylic acids is 1. The second-order valence-electron chi connectivity index (χ2n) is 5.95. The molecule has 0 aromatic heterocycles. The molecular formula is C15H22Cl3N3O3S. The standard InChI is InChI=1S/C15H21Cl2N3O3S.ClH/c1-10(11(2)18)15(21)19-5-7-20(8-6-19)24(22,23)14-9-12(16)3-4-13(14)17;/h3-4,9-11H,5-8,18H2,1-2H3;1H. The van der Waals surface area contributed by atoms with Crippen molar-refractivity contribution in [1.82, 2.24) is 9.21 Å². The molecule has 1 fully saturated rings. The quantitative estimate of drug-likeness (QED) is 0.794. The van der Waals surface area contributed by atoms with Crippen molar-refractivity contribution in [3.05, 3.63) is 28.2 Å². The van der Waals surface area contributed by atoms with Crippen molar-refractivity contribution in [1.29, 1.82) is 0 Å². The first-order chi connectivity index (χ1) is 11.1. The molecule has 1 heterocycles. The maximum absolute atomic E-state index is 12.7. The van der Waals surface area contributed by atoms with Gasteiger partial charge in [0.15, 0.2) is 0 Å². The number of hydrogen-bond acceptors (Lipinski definition) is 4. The molecular weight excluding hydrogens is 409 g/mol. The summed E-state index contributed by atoms with van der Waals surface area (Å²) in [4.78, 5) is 13.9. The lowest BCUT2D eigenvalue weighted by atomic mass is 10.0. The highest BCUT2D eigenvalue weighted by Crippen LogP contribution is 2.28. The zero-order chi connectivity index (χ0) is 18.1. The molecule has 2 rings (SSSR count). The highest BCUT2D eigenvalue weighted by molar-refractivity contribution is 7.89. The molecule has 142 valence electrons. The van der Waals surface area contributed by atoms with E-state index in [2.05, 4.69) is 0 Å². The molecule has 1 saturated heterocycles. The number of carbonyl (C=O) groups is 1. The van der Waals surface area contributed by atoms with Gasteiger partial charge < -0.3 is 10.6 Å². The number of rotatable bonds is 4. The van der Waals surface area contributed by atoms with Crippen LogP contribution in [0, 0.1) is 5.92 Å². The summed E-state index contributed by atoms with van der Waals surface area (Å²) in [5, 5.41) is 0.432. The van der Waals surface area contributed by atoms with E-state index < -0.39 is 10.0 Å². The number of amides is 1. The molecule has 1 amide bonds. The maximum Gasteiger partial charge on any atom is 0.244 e. The van der Waals surface area contributed by atoms with Crippen LogP contribution in [0.4, 0.5) is 0 Å². The SMILES string of the molecule is CC(N)C(C)C(=O)N1CCN(S(=O)(=O)c2cc(Cl)ccc2Cl)CC1.Cl. The van der Waals surface area contributed by atoms with E-state index in [1.165, 1.54) is 22.5 Å². The summed E-state index contributed by atoms with van der Waals surface area (Å²) >= 11 is 11.9. The molecule has 1 aliphatic heterocycles. The van der Waals surface area contributed by atoms with Gasteiger partial charge >= 0.3 is 0 Å². The zero-order valence-electron chi connectivity index (χ0n) is 14.0. The van der Waals surface area contributed by atoms with Crippen LogP contribution in [0.25, 0.3) is 0 Å². The predicted octanol–water partition coefficient (Wildman–Crippen LogP) is 2.23. The third-order valence-corrected chi connectivity index (χ3v) is 6.85. The van der Waals surface area contributed by atoms with Crippen LogP contribution in [0.2, 0.25) is 10.0 Å². The Hall–Kier alpha value is -0.570. The van der Waals surface area contributed by atoms with Crippen molar-refractivity contribution in [3.8, 4) is 0 Å². The molecule has 0 radical (unpaired) electrons. The fraction of sp³-hybridized carbons (Fsp3) is 0.533. The van der Waals surface area contributed by atoms with E-state index in [9.17, 15) is 13.2 Å². The van der Waals surface area contributed by atoms with Crippen LogP contribution in [0.3, 0.4) is 0 Å². The molecule has 2 atom stereocenters. The third kappa shape index (κ3) is 4.99. The summed E-state index contributed by atoms with van der Waals surface area (Å²) in [5.74, 6) is -0.349. The Balaban J connectivity index is 0.00000312. The van der Waals surface area contributed by atoms with E-state index in [1.54, 1.807) is 18.7 Å². The van der Waals surface area contributed by atoms with Gasteiger partial charge in [-0.15, -0.1) is 12.4 Å². The molecule has 25 heavy (non-hydrogen) atoms. The Morgan fingerprint density at radius 3 is 2.24 bits per heavy atom. The number of nitrogens with two attached hydrogens (primary N) is 1. The minimum absolute atomic E-state index is 0. The van der Waals surface area contributed by atoms with Gasteiger partial charge in [-0.05, 0) is 25.1 Å². The molecule has 0 spiro atoms. The van der Waals surface area contributed by atoms with Gasteiger partial charge in [0.2, 0.25) is 15.9 Å². The van der Waals surface area contributed by atoms with Crippen molar-refractivity contribution in [2.75, 3.05) is 26.2 Å². The summed E-state index contributed by atoms with van der Waals surface area (Å²) in [6, 6.07) is 4.09. The van der Waals surface area contributed by atoms with E-state index in [4.69, 9.17) is 28.9 Å². The Labute approximate surface area is 164 Å². The van der Waals surface area contributed by atoms with Crippen molar-refractivity contribution < 1.29 is 13.2 Å². The lowest BCUT2D eigenvalue weighted by Crippen LogP contribution is -2.53. The first-order valence-electron chi connectivity index (χ1n) is 7.64. The van der Waals surface area contributed by atoms with E-state index in [0.717, 1.165) is 0 Å². The highest BCUT2D eigenvalue weighted by atomic mass is 35.5. The summed E-state index contributed by atoms with van der Waals surface area (Å²) in [6.07, 6.45) is 0. The number of nitrogens with zero attached hydrogens (tertiary/aromatic N) is 2. The minimum atomic E-state index is -3.75. The normalized spacial score (nSPS) is 18.4. The van der Waals surface area contributed by atoms with Crippen molar-refractivity contribution in [3.63, 3.8) is 0 Å². The van der Waals surface area contributed by atoms with Gasteiger partial charge in [-0.3, -0.25) is 4.79 Å². The molecule has 1 aliphatic rings. The maximum atomic E-state index is 12.7. The van der Waals surface area contributed by atoms with Crippen LogP contribution >= 0.6 is 35.6 Å². The average Bonchev–Trinajstić information content (AvgIpc) is 2.55. The number of benzene rings is 1. The molecule has 1 aromatic carbocycles. The predicted molar refractivity (Wildman–Crippen MR) is 102 cm³/mol. The van der Waals surface area contributed by atoms with Crippen LogP contribution in [0.1, 0.15) is 13.8 Å². The first-order valence-corrected chi connectivity index (χ1v) is 9.83. The summed E-state index contributed by atoms with van der Waals surface area (Å²) in [6.45, 7) is 4.64. The van der Waals surface area contributed by atoms with E-state index in [0.29, 0.717) is 18.1 Å². The molecule has 0 aliphatic carbocycles. The Morgan fingerprint density at radius 1 is 1.16 bits per heavy atom. The second-order valence-corrected chi connectivity index (χ2v) is 8.70. The van der Waals surface area contributed by atoms with Gasteiger partial charge in [-0.25, -0.2) is 8.42 Å². The van der Waals surface area contributed by atoms with Gasteiger partial charge in [0.25, 0.3) is 0 Å². The summed E-state index contributed by atoms with van der Waals surface area (Å²) in [5.41, 5.74) is 5.77. The Bertz CT molecular complexity index is 720. The second kappa shape index (κ2) is 8.88. The van der Waals surface area contributed by atoms with Crippen molar-refractivity contribution in [2.45, 2.75) is 24.8 Å². The molecule has 10 heteroatoms. The van der Waals surface area contributed by atoms with Crippen LogP contribution in [0.15, 0.2) is 23.1 Å². The lowest BCUT2D eigenvalue weighted by molar-refractivity contribution is -0.136. The smallest absolute Gasteiger partial charge is 0.244 e. The summed E-state index contributed by atoms with van der Waals surface area (Å²) < 4.78 is 26.8. The van der Waals surface area contributed by atoms with Gasteiger partial charge in [-0.1, -0.05) is 30.1 Å². The van der Waals surface area contributed by atoms with Gasteiger partial charge in [0.1, 0.15) is 4.90 Å². The van der Waals surface area contributed by atoms with Crippen LogP contribution in [-0.2, 0) is 14.8 Å². The van der Waals surface area contributed by atoms with E-state index >= 15 is 0 Å². The van der Waals surface area contributed by atoms with Gasteiger partial charge in [0.05, 0.1) is 10.9 Å². The van der Waals surface area contributed by atoms with Crippen LogP contribution in [-0.4, -0.2) is 55.8 Å². The lowest BCUT2D eigenvalue weighted by Gasteiger charge is -2.36. The van der Waals surface area contributed by atoms with Gasteiger partial charge in [0, 0.05) is 37.2 Å². The van der Waals surface area contributed by atoms with Crippen molar-refractivity contribution >= 4 is 51.5 Å².